The fourth-order valence-electron chi connectivity index (χ4n) is 2.67. The normalized spacial score (nSPS) is 23.8. The van der Waals surface area contributed by atoms with Crippen LogP contribution in [0.2, 0.25) is 0 Å². The maximum atomic E-state index is 9.99. The Morgan fingerprint density at radius 1 is 1.22 bits per heavy atom. The van der Waals surface area contributed by atoms with Gasteiger partial charge in [0.2, 0.25) is 0 Å². The van der Waals surface area contributed by atoms with Gasteiger partial charge in [-0.3, -0.25) is 0 Å². The standard InChI is InChI=1S/C15H24N2O/c1-11-8-9-12(10-14(11)17(2)3)16-13-6-4-5-7-15(13)18/h8-10,13,15-16,18H,4-7H2,1-3H3/t13-,15-/m1/s1. The zero-order valence-electron chi connectivity index (χ0n) is 11.6. The second-order valence-corrected chi connectivity index (χ2v) is 5.50. The number of aliphatic hydroxyl groups excluding tert-OH is 1. The van der Waals surface area contributed by atoms with Crippen molar-refractivity contribution in [2.45, 2.75) is 44.8 Å². The Morgan fingerprint density at radius 3 is 2.61 bits per heavy atom. The van der Waals surface area contributed by atoms with Gasteiger partial charge >= 0.3 is 0 Å². The van der Waals surface area contributed by atoms with E-state index in [4.69, 9.17) is 0 Å². The lowest BCUT2D eigenvalue weighted by molar-refractivity contribution is 0.116. The molecule has 1 saturated carbocycles. The molecule has 0 bridgehead atoms. The number of hydrogen-bond donors (Lipinski definition) is 2. The quantitative estimate of drug-likeness (QED) is 0.863. The molecule has 1 aliphatic carbocycles. The van der Waals surface area contributed by atoms with Crippen molar-refractivity contribution in [2.24, 2.45) is 0 Å². The molecule has 1 aromatic carbocycles. The average molecular weight is 248 g/mol. The highest BCUT2D eigenvalue weighted by molar-refractivity contribution is 5.62. The molecule has 3 heteroatoms. The van der Waals surface area contributed by atoms with Crippen LogP contribution >= 0.6 is 0 Å². The van der Waals surface area contributed by atoms with E-state index in [2.05, 4.69) is 49.4 Å². The number of benzene rings is 1. The minimum absolute atomic E-state index is 0.205. The molecule has 0 spiro atoms. The SMILES string of the molecule is Cc1ccc(N[C@@H]2CCCC[C@H]2O)cc1N(C)C. The van der Waals surface area contributed by atoms with Gasteiger partial charge in [0, 0.05) is 25.5 Å². The van der Waals surface area contributed by atoms with Crippen LogP contribution < -0.4 is 10.2 Å². The van der Waals surface area contributed by atoms with Crippen molar-refractivity contribution in [3.63, 3.8) is 0 Å². The molecule has 0 heterocycles. The van der Waals surface area contributed by atoms with Crippen molar-refractivity contribution in [1.82, 2.24) is 0 Å². The molecule has 2 N–H and O–H groups in total. The van der Waals surface area contributed by atoms with Crippen LogP contribution in [0, 0.1) is 6.92 Å². The molecule has 100 valence electrons. The molecule has 0 aliphatic heterocycles. The van der Waals surface area contributed by atoms with Gasteiger partial charge in [0.05, 0.1) is 12.1 Å². The second kappa shape index (κ2) is 5.61. The highest BCUT2D eigenvalue weighted by Gasteiger charge is 2.22. The summed E-state index contributed by atoms with van der Waals surface area (Å²) in [5.41, 5.74) is 3.61. The molecule has 2 atom stereocenters. The Kier molecular flexibility index (Phi) is 4.12. The topological polar surface area (TPSA) is 35.5 Å². The monoisotopic (exact) mass is 248 g/mol. The number of nitrogens with one attached hydrogen (secondary N) is 1. The van der Waals surface area contributed by atoms with E-state index in [0.717, 1.165) is 24.9 Å². The first-order valence-corrected chi connectivity index (χ1v) is 6.80. The van der Waals surface area contributed by atoms with Gasteiger partial charge in [-0.2, -0.15) is 0 Å². The predicted molar refractivity (Wildman–Crippen MR) is 77.4 cm³/mol. The lowest BCUT2D eigenvalue weighted by atomic mass is 9.92. The maximum absolute atomic E-state index is 9.99. The number of rotatable bonds is 3. The number of aryl methyl sites for hydroxylation is 1. The molecule has 18 heavy (non-hydrogen) atoms. The highest BCUT2D eigenvalue weighted by Crippen LogP contribution is 2.26. The van der Waals surface area contributed by atoms with Gasteiger partial charge in [0.1, 0.15) is 0 Å². The summed E-state index contributed by atoms with van der Waals surface area (Å²) < 4.78 is 0. The molecule has 1 aliphatic rings. The van der Waals surface area contributed by atoms with Crippen molar-refractivity contribution in [2.75, 3.05) is 24.3 Å². The molecule has 0 amide bonds. The molecule has 1 fully saturated rings. The fraction of sp³-hybridized carbons (Fsp3) is 0.600. The summed E-state index contributed by atoms with van der Waals surface area (Å²) in [5, 5.41) is 13.5. The van der Waals surface area contributed by atoms with Crippen molar-refractivity contribution in [1.29, 1.82) is 0 Å². The lowest BCUT2D eigenvalue weighted by Gasteiger charge is -2.29. The molecule has 0 aromatic heterocycles. The number of hydrogen-bond acceptors (Lipinski definition) is 3. The van der Waals surface area contributed by atoms with E-state index in [0.29, 0.717) is 0 Å². The van der Waals surface area contributed by atoms with Crippen LogP contribution in [0.15, 0.2) is 18.2 Å². The van der Waals surface area contributed by atoms with Crippen LogP contribution in [-0.4, -0.2) is 31.3 Å². The molecule has 1 aromatic rings. The van der Waals surface area contributed by atoms with Crippen molar-refractivity contribution in [3.8, 4) is 0 Å². The molecule has 0 unspecified atom stereocenters. The Bertz CT molecular complexity index is 403. The summed E-state index contributed by atoms with van der Waals surface area (Å²) in [7, 11) is 4.11. The largest absolute Gasteiger partial charge is 0.391 e. The second-order valence-electron chi connectivity index (χ2n) is 5.50. The highest BCUT2D eigenvalue weighted by atomic mass is 16.3. The zero-order chi connectivity index (χ0) is 13.1. The van der Waals surface area contributed by atoms with Gasteiger partial charge in [-0.25, -0.2) is 0 Å². The zero-order valence-corrected chi connectivity index (χ0v) is 11.6. The van der Waals surface area contributed by atoms with E-state index in [-0.39, 0.29) is 12.1 Å². The third-order valence-electron chi connectivity index (χ3n) is 3.77. The number of aliphatic hydroxyl groups is 1. The smallest absolute Gasteiger partial charge is 0.0741 e. The molecule has 0 saturated heterocycles. The third kappa shape index (κ3) is 2.96. The van der Waals surface area contributed by atoms with Crippen LogP contribution in [0.3, 0.4) is 0 Å². The first-order chi connectivity index (χ1) is 8.58. The van der Waals surface area contributed by atoms with E-state index in [9.17, 15) is 5.11 Å². The van der Waals surface area contributed by atoms with Crippen molar-refractivity contribution >= 4 is 11.4 Å². The summed E-state index contributed by atoms with van der Waals surface area (Å²) in [6, 6.07) is 6.60. The molecular weight excluding hydrogens is 224 g/mol. The van der Waals surface area contributed by atoms with Crippen LogP contribution in [0.4, 0.5) is 11.4 Å². The summed E-state index contributed by atoms with van der Waals surface area (Å²) >= 11 is 0. The van der Waals surface area contributed by atoms with Gasteiger partial charge in [0.25, 0.3) is 0 Å². The third-order valence-corrected chi connectivity index (χ3v) is 3.77. The van der Waals surface area contributed by atoms with Gasteiger partial charge < -0.3 is 15.3 Å². The minimum atomic E-state index is -0.206. The van der Waals surface area contributed by atoms with Crippen molar-refractivity contribution < 1.29 is 5.11 Å². The van der Waals surface area contributed by atoms with E-state index in [1.807, 2.05) is 0 Å². The van der Waals surface area contributed by atoms with E-state index in [1.54, 1.807) is 0 Å². The summed E-state index contributed by atoms with van der Waals surface area (Å²) in [5.74, 6) is 0. The number of anilines is 2. The first-order valence-electron chi connectivity index (χ1n) is 6.80. The molecule has 2 rings (SSSR count). The van der Waals surface area contributed by atoms with Gasteiger partial charge in [-0.05, 0) is 37.5 Å². The van der Waals surface area contributed by atoms with E-state index >= 15 is 0 Å². The average Bonchev–Trinajstić information content (AvgIpc) is 2.34. The van der Waals surface area contributed by atoms with Gasteiger partial charge in [0.15, 0.2) is 0 Å². The first kappa shape index (κ1) is 13.2. The fourth-order valence-corrected chi connectivity index (χ4v) is 2.67. The van der Waals surface area contributed by atoms with Crippen LogP contribution in [0.25, 0.3) is 0 Å². The lowest BCUT2D eigenvalue weighted by Crippen LogP contribution is -2.36. The van der Waals surface area contributed by atoms with Crippen molar-refractivity contribution in [3.05, 3.63) is 23.8 Å². The Morgan fingerprint density at radius 2 is 1.94 bits per heavy atom. The Hall–Kier alpha value is -1.22. The van der Waals surface area contributed by atoms with Gasteiger partial charge in [-0.15, -0.1) is 0 Å². The summed E-state index contributed by atoms with van der Waals surface area (Å²) in [4.78, 5) is 2.12. The molecular formula is C15H24N2O. The van der Waals surface area contributed by atoms with Crippen LogP contribution in [0.1, 0.15) is 31.2 Å². The van der Waals surface area contributed by atoms with Gasteiger partial charge in [-0.1, -0.05) is 18.9 Å². The summed E-state index contributed by atoms with van der Waals surface area (Å²) in [6.07, 6.45) is 4.14. The Labute approximate surface area is 110 Å². The number of nitrogens with zero attached hydrogens (tertiary/aromatic N) is 1. The Balaban J connectivity index is 2.11. The minimum Gasteiger partial charge on any atom is -0.391 e. The van der Waals surface area contributed by atoms with E-state index < -0.39 is 0 Å². The summed E-state index contributed by atoms with van der Waals surface area (Å²) in [6.45, 7) is 2.12. The van der Waals surface area contributed by atoms with Crippen LogP contribution in [-0.2, 0) is 0 Å². The predicted octanol–water partition coefficient (Wildman–Crippen LogP) is 2.78. The van der Waals surface area contributed by atoms with E-state index in [1.165, 1.54) is 17.7 Å². The van der Waals surface area contributed by atoms with Crippen LogP contribution in [0.5, 0.6) is 0 Å². The molecule has 3 nitrogen and oxygen atoms in total. The maximum Gasteiger partial charge on any atom is 0.0741 e. The molecule has 0 radical (unpaired) electrons.